The third kappa shape index (κ3) is 2.68. The molecule has 2 aliphatic heterocycles. The molecule has 0 aromatic rings. The molecule has 0 aliphatic carbocycles. The molecule has 0 radical (unpaired) electrons. The van der Waals surface area contributed by atoms with Crippen LogP contribution in [0.15, 0.2) is 11.3 Å². The number of halogens is 1. The van der Waals surface area contributed by atoms with Gasteiger partial charge in [-0.2, -0.15) is 0 Å². The zero-order chi connectivity index (χ0) is 14.4. The highest BCUT2D eigenvalue weighted by Gasteiger charge is 2.52. The Morgan fingerprint density at radius 2 is 2.21 bits per heavy atom. The molecule has 1 saturated heterocycles. The lowest BCUT2D eigenvalue weighted by molar-refractivity contribution is -0.157. The lowest BCUT2D eigenvalue weighted by atomic mass is 10.0. The summed E-state index contributed by atoms with van der Waals surface area (Å²) < 4.78 is 5.38. The number of carbonyl (C=O) groups excluding carboxylic acids is 2. The maximum absolute atomic E-state index is 12.3. The second kappa shape index (κ2) is 5.10. The molecule has 0 aromatic carbocycles. The Balaban J connectivity index is 2.30. The number of rotatable bonds is 2. The van der Waals surface area contributed by atoms with Crippen LogP contribution in [0.4, 0.5) is 0 Å². The topological polar surface area (TPSA) is 72.6 Å². The molecular weight excluding hydrogens is 332 g/mol. The van der Waals surface area contributed by atoms with Gasteiger partial charge in [0.05, 0.1) is 0 Å². The molecule has 5 nitrogen and oxygen atoms in total. The molecule has 0 saturated carbocycles. The molecule has 2 atom stereocenters. The van der Waals surface area contributed by atoms with Gasteiger partial charge in [0, 0.05) is 11.1 Å². The van der Waals surface area contributed by atoms with Gasteiger partial charge in [-0.15, -0.1) is 11.8 Å². The van der Waals surface area contributed by atoms with Crippen molar-refractivity contribution < 1.29 is 14.3 Å². The standard InChI is InChI=1S/C12H17BrN2O3S/c1-12(2,3)18-11(17)8-6(4-13)5-19-10-7(14)9(16)15(8)10/h7,10H,4-5,14H2,1-3H3/t7-,10-/m1/s1. The number of nitrogens with zero attached hydrogens (tertiary/aromatic N) is 1. The smallest absolute Gasteiger partial charge is 0.355 e. The van der Waals surface area contributed by atoms with E-state index >= 15 is 0 Å². The highest BCUT2D eigenvalue weighted by atomic mass is 79.9. The number of amides is 1. The molecule has 0 aromatic heterocycles. The van der Waals surface area contributed by atoms with E-state index in [0.717, 1.165) is 5.57 Å². The van der Waals surface area contributed by atoms with Crippen LogP contribution < -0.4 is 5.73 Å². The van der Waals surface area contributed by atoms with Gasteiger partial charge in [-0.25, -0.2) is 4.79 Å². The van der Waals surface area contributed by atoms with Crippen LogP contribution >= 0.6 is 27.7 Å². The highest BCUT2D eigenvalue weighted by molar-refractivity contribution is 9.09. The maximum atomic E-state index is 12.3. The highest BCUT2D eigenvalue weighted by Crippen LogP contribution is 2.40. The van der Waals surface area contributed by atoms with E-state index in [9.17, 15) is 9.59 Å². The summed E-state index contributed by atoms with van der Waals surface area (Å²) in [5, 5.41) is 0.401. The lowest BCUT2D eigenvalue weighted by Crippen LogP contribution is -2.68. The molecule has 1 fully saturated rings. The van der Waals surface area contributed by atoms with Gasteiger partial charge < -0.3 is 10.5 Å². The fourth-order valence-electron chi connectivity index (χ4n) is 2.00. The number of nitrogens with two attached hydrogens (primary N) is 1. The summed E-state index contributed by atoms with van der Waals surface area (Å²) in [5.41, 5.74) is 6.40. The number of esters is 1. The molecule has 0 spiro atoms. The first-order valence-electron chi connectivity index (χ1n) is 5.98. The minimum Gasteiger partial charge on any atom is -0.455 e. The molecule has 2 N–H and O–H groups in total. The molecule has 106 valence electrons. The normalized spacial score (nSPS) is 27.0. The van der Waals surface area contributed by atoms with E-state index in [1.54, 1.807) is 32.5 Å². The maximum Gasteiger partial charge on any atom is 0.355 e. The van der Waals surface area contributed by atoms with Gasteiger partial charge in [0.25, 0.3) is 0 Å². The Kier molecular flexibility index (Phi) is 3.99. The van der Waals surface area contributed by atoms with Crippen molar-refractivity contribution in [2.45, 2.75) is 37.8 Å². The fraction of sp³-hybridized carbons (Fsp3) is 0.667. The first kappa shape index (κ1) is 14.9. The number of ether oxygens (including phenoxy) is 1. The lowest BCUT2D eigenvalue weighted by Gasteiger charge is -2.48. The molecule has 2 heterocycles. The van der Waals surface area contributed by atoms with Gasteiger partial charge in [-0.05, 0) is 26.3 Å². The molecular formula is C12H17BrN2O3S. The van der Waals surface area contributed by atoms with E-state index in [1.807, 2.05) is 0 Å². The molecule has 0 unspecified atom stereocenters. The van der Waals surface area contributed by atoms with Gasteiger partial charge in [0.2, 0.25) is 5.91 Å². The third-order valence-corrected chi connectivity index (χ3v) is 4.88. The van der Waals surface area contributed by atoms with Crippen LogP contribution in [0.3, 0.4) is 0 Å². The van der Waals surface area contributed by atoms with Crippen molar-refractivity contribution in [1.29, 1.82) is 0 Å². The van der Waals surface area contributed by atoms with Crippen LogP contribution in [-0.4, -0.2) is 44.9 Å². The van der Waals surface area contributed by atoms with E-state index in [0.29, 0.717) is 16.8 Å². The largest absolute Gasteiger partial charge is 0.455 e. The van der Waals surface area contributed by atoms with E-state index in [-0.39, 0.29) is 11.3 Å². The summed E-state index contributed by atoms with van der Waals surface area (Å²) in [6.45, 7) is 5.41. The van der Waals surface area contributed by atoms with Crippen molar-refractivity contribution in [3.05, 3.63) is 11.3 Å². The molecule has 2 rings (SSSR count). The monoisotopic (exact) mass is 348 g/mol. The van der Waals surface area contributed by atoms with Crippen LogP contribution in [0.2, 0.25) is 0 Å². The summed E-state index contributed by atoms with van der Waals surface area (Å²) >= 11 is 4.94. The van der Waals surface area contributed by atoms with Gasteiger partial charge >= 0.3 is 5.97 Å². The molecule has 1 amide bonds. The first-order chi connectivity index (χ1) is 8.76. The van der Waals surface area contributed by atoms with Crippen molar-refractivity contribution in [3.8, 4) is 0 Å². The van der Waals surface area contributed by atoms with Crippen LogP contribution in [0.1, 0.15) is 20.8 Å². The summed E-state index contributed by atoms with van der Waals surface area (Å²) in [7, 11) is 0. The van der Waals surface area contributed by atoms with Crippen molar-refractivity contribution >= 4 is 39.6 Å². The summed E-state index contributed by atoms with van der Waals surface area (Å²) in [6, 6.07) is -0.515. The summed E-state index contributed by atoms with van der Waals surface area (Å²) in [4.78, 5) is 25.6. The number of fused-ring (bicyclic) bond motifs is 1. The van der Waals surface area contributed by atoms with Crippen LogP contribution in [0.25, 0.3) is 0 Å². The zero-order valence-electron chi connectivity index (χ0n) is 11.1. The van der Waals surface area contributed by atoms with Gasteiger partial charge in [0.1, 0.15) is 22.7 Å². The number of thioether (sulfide) groups is 1. The van der Waals surface area contributed by atoms with Crippen molar-refractivity contribution in [1.82, 2.24) is 4.90 Å². The van der Waals surface area contributed by atoms with Crippen molar-refractivity contribution in [2.24, 2.45) is 5.73 Å². The Morgan fingerprint density at radius 3 is 2.74 bits per heavy atom. The molecule has 19 heavy (non-hydrogen) atoms. The zero-order valence-corrected chi connectivity index (χ0v) is 13.5. The van der Waals surface area contributed by atoms with Crippen LogP contribution in [0.5, 0.6) is 0 Å². The minimum atomic E-state index is -0.586. The summed E-state index contributed by atoms with van der Waals surface area (Å²) in [5.74, 6) is 0.0196. The molecule has 2 aliphatic rings. The van der Waals surface area contributed by atoms with Crippen molar-refractivity contribution in [3.63, 3.8) is 0 Å². The van der Waals surface area contributed by atoms with Gasteiger partial charge in [-0.3, -0.25) is 9.69 Å². The second-order valence-electron chi connectivity index (χ2n) is 5.52. The van der Waals surface area contributed by atoms with E-state index in [1.165, 1.54) is 4.90 Å². The predicted molar refractivity (Wildman–Crippen MR) is 77.7 cm³/mol. The SMILES string of the molecule is CC(C)(C)OC(=O)C1=C(CBr)CS[C@@H]2[C@H](N)C(=O)N12. The van der Waals surface area contributed by atoms with E-state index in [2.05, 4.69) is 15.9 Å². The average molecular weight is 349 g/mol. The van der Waals surface area contributed by atoms with Crippen molar-refractivity contribution in [2.75, 3.05) is 11.1 Å². The average Bonchev–Trinajstić information content (AvgIpc) is 2.33. The number of alkyl halides is 1. The first-order valence-corrected chi connectivity index (χ1v) is 8.15. The molecule has 7 heteroatoms. The number of carbonyl (C=O) groups is 2. The van der Waals surface area contributed by atoms with Gasteiger partial charge in [0.15, 0.2) is 0 Å². The molecule has 0 bridgehead atoms. The number of hydrogen-bond donors (Lipinski definition) is 1. The predicted octanol–water partition coefficient (Wildman–Crippen LogP) is 1.22. The summed E-state index contributed by atoms with van der Waals surface area (Å²) in [6.07, 6.45) is 0. The fourth-order valence-corrected chi connectivity index (χ4v) is 4.02. The Hall–Kier alpha value is -0.530. The Morgan fingerprint density at radius 1 is 1.58 bits per heavy atom. The van der Waals surface area contributed by atoms with Crippen LogP contribution in [0, 0.1) is 0 Å². The quantitative estimate of drug-likeness (QED) is 0.461. The second-order valence-corrected chi connectivity index (χ2v) is 7.19. The third-order valence-electron chi connectivity index (χ3n) is 2.84. The number of hydrogen-bond acceptors (Lipinski definition) is 5. The van der Waals surface area contributed by atoms with Crippen LogP contribution in [-0.2, 0) is 14.3 Å². The van der Waals surface area contributed by atoms with E-state index in [4.69, 9.17) is 10.5 Å². The minimum absolute atomic E-state index is 0.141. The van der Waals surface area contributed by atoms with Gasteiger partial charge in [-0.1, -0.05) is 15.9 Å². The van der Waals surface area contributed by atoms with E-state index < -0.39 is 17.6 Å². The number of β-lactam (4-membered cyclic amide) rings is 1. The Labute approximate surface area is 125 Å². The Bertz CT molecular complexity index is 458.